The lowest BCUT2D eigenvalue weighted by Gasteiger charge is -2.42. The van der Waals surface area contributed by atoms with Gasteiger partial charge in [0.25, 0.3) is 0 Å². The predicted molar refractivity (Wildman–Crippen MR) is 76.6 cm³/mol. The number of aliphatic hydroxyl groups is 3. The number of nitrogens with one attached hydrogen (secondary N) is 1. The Morgan fingerprint density at radius 1 is 1.32 bits per heavy atom. The second-order valence-electron chi connectivity index (χ2n) is 5.23. The number of ether oxygens (including phenoxy) is 2. The highest BCUT2D eigenvalue weighted by atomic mass is 16.6. The number of hydrogen-bond donors (Lipinski definition) is 4. The van der Waals surface area contributed by atoms with Crippen LogP contribution in [0, 0.1) is 0 Å². The van der Waals surface area contributed by atoms with E-state index in [4.69, 9.17) is 9.47 Å². The van der Waals surface area contributed by atoms with E-state index in [9.17, 15) is 20.1 Å². The summed E-state index contributed by atoms with van der Waals surface area (Å²) in [5.41, 5.74) is 0.887. The van der Waals surface area contributed by atoms with Gasteiger partial charge in [-0.15, -0.1) is 0 Å². The highest BCUT2D eigenvalue weighted by Gasteiger charge is 2.45. The van der Waals surface area contributed by atoms with Gasteiger partial charge in [0.2, 0.25) is 5.91 Å². The lowest BCUT2D eigenvalue weighted by Crippen LogP contribution is -2.64. The summed E-state index contributed by atoms with van der Waals surface area (Å²) in [4.78, 5) is 11.3. The third-order valence-electron chi connectivity index (χ3n) is 3.53. The molecule has 2 rings (SSSR count). The normalized spacial score (nSPS) is 31.7. The van der Waals surface area contributed by atoms with Gasteiger partial charge in [-0.25, -0.2) is 0 Å². The maximum Gasteiger partial charge on any atom is 0.217 e. The van der Waals surface area contributed by atoms with Crippen molar-refractivity contribution in [2.75, 3.05) is 6.61 Å². The van der Waals surface area contributed by atoms with Crippen LogP contribution < -0.4 is 5.32 Å². The average Bonchev–Trinajstić information content (AvgIpc) is 2.50. The Bertz CT molecular complexity index is 482. The maximum absolute atomic E-state index is 11.3. The summed E-state index contributed by atoms with van der Waals surface area (Å²) in [6, 6.07) is 8.39. The molecule has 22 heavy (non-hydrogen) atoms. The Morgan fingerprint density at radius 2 is 2.00 bits per heavy atom. The van der Waals surface area contributed by atoms with Crippen LogP contribution in [0.2, 0.25) is 0 Å². The van der Waals surface area contributed by atoms with Crippen molar-refractivity contribution in [1.82, 2.24) is 5.32 Å². The van der Waals surface area contributed by atoms with Crippen LogP contribution in [0.15, 0.2) is 30.3 Å². The second kappa shape index (κ2) is 7.66. The molecule has 122 valence electrons. The van der Waals surface area contributed by atoms with Crippen LogP contribution >= 0.6 is 0 Å². The van der Waals surface area contributed by atoms with E-state index in [1.807, 2.05) is 30.3 Å². The largest absolute Gasteiger partial charge is 0.394 e. The van der Waals surface area contributed by atoms with Gasteiger partial charge in [-0.2, -0.15) is 0 Å². The van der Waals surface area contributed by atoms with Crippen LogP contribution in [-0.2, 0) is 20.9 Å². The molecule has 0 aromatic heterocycles. The highest BCUT2D eigenvalue weighted by molar-refractivity contribution is 5.73. The van der Waals surface area contributed by atoms with Crippen LogP contribution in [0.3, 0.4) is 0 Å². The summed E-state index contributed by atoms with van der Waals surface area (Å²) in [5.74, 6) is -0.379. The SMILES string of the molecule is CC(=O)N[C@H]1[C@H](OCc2ccccc2)[C@@H](O)[C@H](CO)O[C@H]1O. The van der Waals surface area contributed by atoms with Gasteiger partial charge in [0.15, 0.2) is 6.29 Å². The number of carbonyl (C=O) groups is 1. The quantitative estimate of drug-likeness (QED) is 0.564. The Morgan fingerprint density at radius 3 is 2.59 bits per heavy atom. The van der Waals surface area contributed by atoms with Crippen LogP contribution in [0.4, 0.5) is 0 Å². The zero-order chi connectivity index (χ0) is 16.1. The van der Waals surface area contributed by atoms with Gasteiger partial charge in [-0.05, 0) is 5.56 Å². The molecule has 0 aliphatic carbocycles. The summed E-state index contributed by atoms with van der Waals surface area (Å²) in [7, 11) is 0. The standard InChI is InChI=1S/C15H21NO6/c1-9(18)16-12-14(13(19)11(7-17)22-15(12)20)21-8-10-5-3-2-4-6-10/h2-6,11-15,17,19-20H,7-8H2,1H3,(H,16,18)/t11-,12-,13-,14-,15+/m0/s1. The Balaban J connectivity index is 2.10. The number of amides is 1. The Kier molecular flexibility index (Phi) is 5.87. The van der Waals surface area contributed by atoms with Gasteiger partial charge < -0.3 is 30.1 Å². The van der Waals surface area contributed by atoms with Crippen LogP contribution in [-0.4, -0.2) is 58.5 Å². The lowest BCUT2D eigenvalue weighted by atomic mass is 9.96. The van der Waals surface area contributed by atoms with Crippen molar-refractivity contribution >= 4 is 5.91 Å². The molecule has 5 atom stereocenters. The number of rotatable bonds is 5. The molecular weight excluding hydrogens is 290 g/mol. The van der Waals surface area contributed by atoms with E-state index < -0.39 is 37.3 Å². The predicted octanol–water partition coefficient (Wildman–Crippen LogP) is -0.853. The third-order valence-corrected chi connectivity index (χ3v) is 3.53. The molecule has 1 aromatic rings. The summed E-state index contributed by atoms with van der Waals surface area (Å²) in [5, 5.41) is 31.9. The molecule has 1 fully saturated rings. The zero-order valence-corrected chi connectivity index (χ0v) is 12.3. The molecule has 1 aliphatic heterocycles. The van der Waals surface area contributed by atoms with Crippen molar-refractivity contribution in [1.29, 1.82) is 0 Å². The molecule has 7 heteroatoms. The molecule has 1 heterocycles. The van der Waals surface area contributed by atoms with E-state index >= 15 is 0 Å². The Labute approximate surface area is 128 Å². The smallest absolute Gasteiger partial charge is 0.217 e. The van der Waals surface area contributed by atoms with Gasteiger partial charge in [0.1, 0.15) is 24.4 Å². The van der Waals surface area contributed by atoms with Crippen molar-refractivity contribution in [2.24, 2.45) is 0 Å². The first-order chi connectivity index (χ1) is 10.5. The van der Waals surface area contributed by atoms with Gasteiger partial charge in [-0.1, -0.05) is 30.3 Å². The summed E-state index contributed by atoms with van der Waals surface area (Å²) in [6.45, 7) is 1.03. The molecule has 0 saturated carbocycles. The highest BCUT2D eigenvalue weighted by Crippen LogP contribution is 2.23. The average molecular weight is 311 g/mol. The van der Waals surface area contributed by atoms with Crippen molar-refractivity contribution in [3.63, 3.8) is 0 Å². The molecule has 1 aromatic carbocycles. The molecule has 1 saturated heterocycles. The minimum Gasteiger partial charge on any atom is -0.394 e. The van der Waals surface area contributed by atoms with Crippen molar-refractivity contribution < 1.29 is 29.6 Å². The summed E-state index contributed by atoms with van der Waals surface area (Å²) >= 11 is 0. The molecule has 0 unspecified atom stereocenters. The topological polar surface area (TPSA) is 108 Å². The van der Waals surface area contributed by atoms with E-state index in [0.717, 1.165) is 5.56 Å². The second-order valence-corrected chi connectivity index (χ2v) is 5.23. The van der Waals surface area contributed by atoms with Gasteiger partial charge in [0.05, 0.1) is 13.2 Å². The van der Waals surface area contributed by atoms with Crippen LogP contribution in [0.25, 0.3) is 0 Å². The minimum atomic E-state index is -1.37. The van der Waals surface area contributed by atoms with E-state index in [1.54, 1.807) is 0 Å². The monoisotopic (exact) mass is 311 g/mol. The molecule has 0 bridgehead atoms. The lowest BCUT2D eigenvalue weighted by molar-refractivity contribution is -0.263. The molecule has 4 N–H and O–H groups in total. The van der Waals surface area contributed by atoms with Crippen molar-refractivity contribution in [2.45, 2.75) is 44.2 Å². The van der Waals surface area contributed by atoms with Crippen molar-refractivity contribution in [3.05, 3.63) is 35.9 Å². The first-order valence-electron chi connectivity index (χ1n) is 7.08. The fraction of sp³-hybridized carbons (Fsp3) is 0.533. The summed E-state index contributed by atoms with van der Waals surface area (Å²) in [6.07, 6.45) is -4.41. The molecule has 0 spiro atoms. The fourth-order valence-electron chi connectivity index (χ4n) is 2.44. The van der Waals surface area contributed by atoms with Gasteiger partial charge in [0, 0.05) is 6.92 Å². The molecule has 1 amide bonds. The van der Waals surface area contributed by atoms with E-state index in [2.05, 4.69) is 5.32 Å². The minimum absolute atomic E-state index is 0.198. The van der Waals surface area contributed by atoms with Crippen LogP contribution in [0.5, 0.6) is 0 Å². The molecule has 0 radical (unpaired) electrons. The van der Waals surface area contributed by atoms with Gasteiger partial charge in [-0.3, -0.25) is 4.79 Å². The van der Waals surface area contributed by atoms with E-state index in [-0.39, 0.29) is 12.5 Å². The van der Waals surface area contributed by atoms with E-state index in [0.29, 0.717) is 0 Å². The number of aliphatic hydroxyl groups excluding tert-OH is 3. The first-order valence-corrected chi connectivity index (χ1v) is 7.08. The third kappa shape index (κ3) is 4.02. The van der Waals surface area contributed by atoms with Crippen LogP contribution in [0.1, 0.15) is 12.5 Å². The number of hydrogen-bond acceptors (Lipinski definition) is 6. The molecule has 1 aliphatic rings. The Hall–Kier alpha value is -1.51. The first kappa shape index (κ1) is 16.9. The summed E-state index contributed by atoms with van der Waals surface area (Å²) < 4.78 is 10.8. The molecular formula is C15H21NO6. The number of carbonyl (C=O) groups excluding carboxylic acids is 1. The fourth-order valence-corrected chi connectivity index (χ4v) is 2.44. The maximum atomic E-state index is 11.3. The molecule has 7 nitrogen and oxygen atoms in total. The zero-order valence-electron chi connectivity index (χ0n) is 12.3. The number of benzene rings is 1. The van der Waals surface area contributed by atoms with E-state index in [1.165, 1.54) is 6.92 Å². The van der Waals surface area contributed by atoms with Gasteiger partial charge >= 0.3 is 0 Å². The van der Waals surface area contributed by atoms with Crippen molar-refractivity contribution in [3.8, 4) is 0 Å².